The van der Waals surface area contributed by atoms with Crippen LogP contribution >= 0.6 is 12.2 Å². The van der Waals surface area contributed by atoms with Crippen molar-refractivity contribution in [3.05, 3.63) is 72.3 Å². The van der Waals surface area contributed by atoms with Crippen LogP contribution in [0.4, 0.5) is 5.69 Å². The number of hydrogen-bond acceptors (Lipinski definition) is 3. The molecule has 0 aromatic heterocycles. The number of hydrogen-bond donors (Lipinski definition) is 2. The number of thiocarbonyl (C=S) groups is 1. The molecule has 2 N–H and O–H groups in total. The molecule has 0 saturated carbocycles. The number of carbonyl (C=O) groups is 1. The fourth-order valence-corrected chi connectivity index (χ4v) is 2.33. The fourth-order valence-electron chi connectivity index (χ4n) is 2.10. The number of benzene rings is 2. The maximum atomic E-state index is 12.0. The Kier molecular flexibility index (Phi) is 7.16. The number of amides is 1. The average molecular weight is 354 g/mol. The Bertz CT molecular complexity index is 727. The summed E-state index contributed by atoms with van der Waals surface area (Å²) in [6.45, 7) is 6.19. The van der Waals surface area contributed by atoms with E-state index < -0.39 is 0 Å². The molecule has 0 radical (unpaired) electrons. The van der Waals surface area contributed by atoms with Gasteiger partial charge >= 0.3 is 0 Å². The standard InChI is InChI=1S/C20H22N2O2S/c1-15(2)14-24-18-11-9-17(10-12-18)21-20(25)22-19(23)13-8-16-6-4-3-5-7-16/h3-7,9-12H,1,8,13-14H2,2H3,(H2,21,22,23,25). The molecule has 0 bridgehead atoms. The third-order valence-electron chi connectivity index (χ3n) is 3.33. The van der Waals surface area contributed by atoms with Gasteiger partial charge in [0.05, 0.1) is 0 Å². The fraction of sp³-hybridized carbons (Fsp3) is 0.200. The number of anilines is 1. The predicted octanol–water partition coefficient (Wildman–Crippen LogP) is 4.09. The van der Waals surface area contributed by atoms with Crippen LogP contribution in [0.1, 0.15) is 18.9 Å². The van der Waals surface area contributed by atoms with E-state index in [9.17, 15) is 4.79 Å². The summed E-state index contributed by atoms with van der Waals surface area (Å²) in [5.74, 6) is 0.647. The van der Waals surface area contributed by atoms with Gasteiger partial charge < -0.3 is 15.4 Å². The number of carbonyl (C=O) groups excluding carboxylic acids is 1. The van der Waals surface area contributed by atoms with Gasteiger partial charge in [0.15, 0.2) is 5.11 Å². The van der Waals surface area contributed by atoms with Crippen molar-refractivity contribution in [1.29, 1.82) is 0 Å². The van der Waals surface area contributed by atoms with Crippen molar-refractivity contribution >= 4 is 28.9 Å². The van der Waals surface area contributed by atoms with E-state index in [1.165, 1.54) is 0 Å². The van der Waals surface area contributed by atoms with Gasteiger partial charge in [0.2, 0.25) is 5.91 Å². The molecule has 0 aliphatic rings. The van der Waals surface area contributed by atoms with Crippen molar-refractivity contribution in [2.24, 2.45) is 0 Å². The quantitative estimate of drug-likeness (QED) is 0.581. The molecule has 130 valence electrons. The van der Waals surface area contributed by atoms with E-state index in [1.54, 1.807) is 0 Å². The summed E-state index contributed by atoms with van der Waals surface area (Å²) in [7, 11) is 0. The molecule has 0 heterocycles. The summed E-state index contributed by atoms with van der Waals surface area (Å²) in [5.41, 5.74) is 2.87. The van der Waals surface area contributed by atoms with Gasteiger partial charge in [-0.3, -0.25) is 4.79 Å². The highest BCUT2D eigenvalue weighted by atomic mass is 32.1. The minimum atomic E-state index is -0.109. The summed E-state index contributed by atoms with van der Waals surface area (Å²) in [4.78, 5) is 12.0. The maximum absolute atomic E-state index is 12.0. The van der Waals surface area contributed by atoms with Gasteiger partial charge in [-0.1, -0.05) is 36.9 Å². The van der Waals surface area contributed by atoms with Crippen LogP contribution in [0.2, 0.25) is 0 Å². The molecule has 2 rings (SSSR count). The number of rotatable bonds is 7. The first kappa shape index (κ1) is 18.7. The van der Waals surface area contributed by atoms with E-state index in [2.05, 4.69) is 17.2 Å². The third-order valence-corrected chi connectivity index (χ3v) is 3.54. The van der Waals surface area contributed by atoms with Crippen molar-refractivity contribution in [1.82, 2.24) is 5.32 Å². The van der Waals surface area contributed by atoms with Crippen LogP contribution in [-0.4, -0.2) is 17.6 Å². The molecule has 0 aliphatic heterocycles. The Morgan fingerprint density at radius 1 is 1.12 bits per heavy atom. The third kappa shape index (κ3) is 7.18. The van der Waals surface area contributed by atoms with Gasteiger partial charge in [0, 0.05) is 12.1 Å². The maximum Gasteiger partial charge on any atom is 0.226 e. The molecule has 0 fully saturated rings. The Balaban J connectivity index is 1.75. The lowest BCUT2D eigenvalue weighted by atomic mass is 10.1. The van der Waals surface area contributed by atoms with Gasteiger partial charge in [-0.2, -0.15) is 0 Å². The average Bonchev–Trinajstić information content (AvgIpc) is 2.60. The van der Waals surface area contributed by atoms with E-state index in [-0.39, 0.29) is 11.0 Å². The van der Waals surface area contributed by atoms with E-state index in [0.717, 1.165) is 22.6 Å². The first-order valence-corrected chi connectivity index (χ1v) is 8.46. The summed E-state index contributed by atoms with van der Waals surface area (Å²) >= 11 is 5.18. The highest BCUT2D eigenvalue weighted by Gasteiger charge is 2.05. The zero-order valence-corrected chi connectivity index (χ0v) is 15.1. The summed E-state index contributed by atoms with van der Waals surface area (Å²) in [6, 6.07) is 17.2. The zero-order valence-electron chi connectivity index (χ0n) is 14.2. The van der Waals surface area contributed by atoms with Crippen molar-refractivity contribution in [3.8, 4) is 5.75 Å². The van der Waals surface area contributed by atoms with Crippen LogP contribution in [-0.2, 0) is 11.2 Å². The Labute approximate surface area is 153 Å². The largest absolute Gasteiger partial charge is 0.489 e. The monoisotopic (exact) mass is 354 g/mol. The molecular formula is C20H22N2O2S. The zero-order chi connectivity index (χ0) is 18.1. The highest BCUT2D eigenvalue weighted by molar-refractivity contribution is 7.80. The summed E-state index contributed by atoms with van der Waals surface area (Å²) in [6.07, 6.45) is 1.07. The van der Waals surface area contributed by atoms with E-state index in [0.29, 0.717) is 19.4 Å². The molecule has 4 nitrogen and oxygen atoms in total. The molecule has 1 amide bonds. The lowest BCUT2D eigenvalue weighted by molar-refractivity contribution is -0.119. The van der Waals surface area contributed by atoms with Crippen molar-refractivity contribution in [2.45, 2.75) is 19.8 Å². The smallest absolute Gasteiger partial charge is 0.226 e. The van der Waals surface area contributed by atoms with Crippen LogP contribution in [0.25, 0.3) is 0 Å². The van der Waals surface area contributed by atoms with Crippen LogP contribution in [0.3, 0.4) is 0 Å². The number of ether oxygens (including phenoxy) is 1. The second kappa shape index (κ2) is 9.59. The molecule has 0 spiro atoms. The lowest BCUT2D eigenvalue weighted by Gasteiger charge is -2.11. The molecule has 2 aromatic carbocycles. The van der Waals surface area contributed by atoms with E-state index in [1.807, 2.05) is 61.5 Å². The van der Waals surface area contributed by atoms with Crippen LogP contribution in [0.5, 0.6) is 5.75 Å². The number of aryl methyl sites for hydroxylation is 1. The summed E-state index contributed by atoms with van der Waals surface area (Å²) < 4.78 is 5.54. The van der Waals surface area contributed by atoms with Crippen LogP contribution < -0.4 is 15.4 Å². The number of nitrogens with one attached hydrogen (secondary N) is 2. The van der Waals surface area contributed by atoms with Gasteiger partial charge in [-0.25, -0.2) is 0 Å². The molecule has 25 heavy (non-hydrogen) atoms. The Morgan fingerprint density at radius 3 is 2.44 bits per heavy atom. The van der Waals surface area contributed by atoms with Crippen molar-refractivity contribution in [2.75, 3.05) is 11.9 Å². The summed E-state index contributed by atoms with van der Waals surface area (Å²) in [5, 5.41) is 5.97. The minimum Gasteiger partial charge on any atom is -0.489 e. The first-order valence-electron chi connectivity index (χ1n) is 8.05. The van der Waals surface area contributed by atoms with E-state index >= 15 is 0 Å². The Morgan fingerprint density at radius 2 is 1.80 bits per heavy atom. The molecule has 0 aliphatic carbocycles. The van der Waals surface area contributed by atoms with Crippen LogP contribution in [0, 0.1) is 0 Å². The van der Waals surface area contributed by atoms with Gasteiger partial charge in [0.1, 0.15) is 12.4 Å². The topological polar surface area (TPSA) is 50.4 Å². The molecule has 0 atom stereocenters. The lowest BCUT2D eigenvalue weighted by Crippen LogP contribution is -2.34. The van der Waals surface area contributed by atoms with Gasteiger partial charge in [0.25, 0.3) is 0 Å². The molecule has 0 saturated heterocycles. The van der Waals surface area contributed by atoms with Crippen molar-refractivity contribution in [3.63, 3.8) is 0 Å². The highest BCUT2D eigenvalue weighted by Crippen LogP contribution is 2.16. The van der Waals surface area contributed by atoms with Crippen molar-refractivity contribution < 1.29 is 9.53 Å². The minimum absolute atomic E-state index is 0.109. The van der Waals surface area contributed by atoms with E-state index in [4.69, 9.17) is 17.0 Å². The van der Waals surface area contributed by atoms with Gasteiger partial charge in [-0.05, 0) is 61.0 Å². The predicted molar refractivity (Wildman–Crippen MR) is 106 cm³/mol. The molecular weight excluding hydrogens is 332 g/mol. The van der Waals surface area contributed by atoms with Crippen LogP contribution in [0.15, 0.2) is 66.7 Å². The normalized spacial score (nSPS) is 9.96. The Hall–Kier alpha value is -2.66. The second-order valence-corrected chi connectivity index (χ2v) is 6.17. The SMILES string of the molecule is C=C(C)COc1ccc(NC(=S)NC(=O)CCc2ccccc2)cc1. The molecule has 2 aromatic rings. The second-order valence-electron chi connectivity index (χ2n) is 5.76. The molecule has 5 heteroatoms. The first-order chi connectivity index (χ1) is 12.0. The van der Waals surface area contributed by atoms with Gasteiger partial charge in [-0.15, -0.1) is 0 Å². The molecule has 0 unspecified atom stereocenters.